The molecule has 1 aromatic carbocycles. The van der Waals surface area contributed by atoms with Crippen LogP contribution in [0.3, 0.4) is 0 Å². The normalized spacial score (nSPS) is 11.8. The number of hydrogen-bond acceptors (Lipinski definition) is 2. The fourth-order valence-electron chi connectivity index (χ4n) is 2.55. The van der Waals surface area contributed by atoms with E-state index in [9.17, 15) is 4.39 Å². The lowest BCUT2D eigenvalue weighted by molar-refractivity contribution is 0.157. The third-order valence-corrected chi connectivity index (χ3v) is 3.54. The Morgan fingerprint density at radius 3 is 2.32 bits per heavy atom. The summed E-state index contributed by atoms with van der Waals surface area (Å²) in [7, 11) is 0. The molecule has 0 atom stereocenters. The van der Waals surface area contributed by atoms with Gasteiger partial charge in [0.15, 0.2) is 0 Å². The molecule has 0 spiro atoms. The maximum absolute atomic E-state index is 13.1. The van der Waals surface area contributed by atoms with E-state index in [1.165, 1.54) is 12.1 Å². The van der Waals surface area contributed by atoms with Gasteiger partial charge in [-0.1, -0.05) is 33.8 Å². The molecule has 0 aliphatic rings. The van der Waals surface area contributed by atoms with Gasteiger partial charge in [0.25, 0.3) is 0 Å². The molecule has 0 saturated heterocycles. The quantitative estimate of drug-likeness (QED) is 0.754. The average molecular weight is 266 g/mol. The highest BCUT2D eigenvalue weighted by atomic mass is 19.1. The van der Waals surface area contributed by atoms with Crippen molar-refractivity contribution in [2.75, 3.05) is 12.3 Å². The number of hydrogen-bond donors (Lipinski definition) is 1. The Kier molecular flexibility index (Phi) is 6.29. The lowest BCUT2D eigenvalue weighted by atomic mass is 10.1. The van der Waals surface area contributed by atoms with Gasteiger partial charge < -0.3 is 5.73 Å². The Balaban J connectivity index is 2.86. The summed E-state index contributed by atoms with van der Waals surface area (Å²) in [5, 5.41) is 0. The first kappa shape index (κ1) is 16.0. The fraction of sp³-hybridized carbons (Fsp3) is 0.625. The Labute approximate surface area is 116 Å². The van der Waals surface area contributed by atoms with Crippen LogP contribution in [0, 0.1) is 11.7 Å². The van der Waals surface area contributed by atoms with Gasteiger partial charge in [0.2, 0.25) is 0 Å². The molecule has 0 unspecified atom stereocenters. The Morgan fingerprint density at radius 1 is 1.21 bits per heavy atom. The van der Waals surface area contributed by atoms with E-state index in [1.807, 2.05) is 0 Å². The molecular weight excluding hydrogens is 239 g/mol. The van der Waals surface area contributed by atoms with E-state index >= 15 is 0 Å². The average Bonchev–Trinajstić information content (AvgIpc) is 2.33. The molecule has 0 aromatic heterocycles. The lowest BCUT2D eigenvalue weighted by Crippen LogP contribution is -2.36. The van der Waals surface area contributed by atoms with Gasteiger partial charge in [-0.3, -0.25) is 4.90 Å². The van der Waals surface area contributed by atoms with Gasteiger partial charge in [0.05, 0.1) is 0 Å². The van der Waals surface area contributed by atoms with Crippen LogP contribution in [0.4, 0.5) is 10.1 Å². The summed E-state index contributed by atoms with van der Waals surface area (Å²) in [5.74, 6) is 0.349. The number of rotatable bonds is 7. The fourth-order valence-corrected chi connectivity index (χ4v) is 2.55. The van der Waals surface area contributed by atoms with E-state index in [0.717, 1.165) is 31.5 Å². The molecule has 2 nitrogen and oxygen atoms in total. The molecule has 2 N–H and O–H groups in total. The minimum Gasteiger partial charge on any atom is -0.398 e. The Morgan fingerprint density at radius 2 is 1.84 bits per heavy atom. The van der Waals surface area contributed by atoms with Crippen LogP contribution in [0.2, 0.25) is 0 Å². The number of benzene rings is 1. The van der Waals surface area contributed by atoms with E-state index < -0.39 is 0 Å². The first-order valence-electron chi connectivity index (χ1n) is 7.25. The standard InChI is InChI=1S/C16H27FN2/c1-5-15(6-2)19(10-12(3)4)11-13-7-8-14(17)9-16(13)18/h7-9,12,15H,5-6,10-11,18H2,1-4H3. The second-order valence-corrected chi connectivity index (χ2v) is 5.64. The first-order valence-corrected chi connectivity index (χ1v) is 7.25. The van der Waals surface area contributed by atoms with Gasteiger partial charge in [0, 0.05) is 24.8 Å². The van der Waals surface area contributed by atoms with E-state index in [2.05, 4.69) is 32.6 Å². The molecule has 0 bridgehead atoms. The minimum absolute atomic E-state index is 0.265. The van der Waals surface area contributed by atoms with E-state index in [0.29, 0.717) is 17.6 Å². The predicted molar refractivity (Wildman–Crippen MR) is 80.4 cm³/mol. The summed E-state index contributed by atoms with van der Waals surface area (Å²) in [6, 6.07) is 5.27. The number of nitrogens with zero attached hydrogens (tertiary/aromatic N) is 1. The number of halogens is 1. The van der Waals surface area contributed by atoms with Crippen molar-refractivity contribution in [2.24, 2.45) is 5.92 Å². The van der Waals surface area contributed by atoms with Crippen LogP contribution in [0.15, 0.2) is 18.2 Å². The van der Waals surface area contributed by atoms with Crippen molar-refractivity contribution in [3.63, 3.8) is 0 Å². The van der Waals surface area contributed by atoms with E-state index in [4.69, 9.17) is 5.73 Å². The number of nitrogens with two attached hydrogens (primary N) is 1. The van der Waals surface area contributed by atoms with Crippen molar-refractivity contribution < 1.29 is 4.39 Å². The first-order chi connectivity index (χ1) is 8.97. The van der Waals surface area contributed by atoms with Gasteiger partial charge >= 0.3 is 0 Å². The van der Waals surface area contributed by atoms with Crippen molar-refractivity contribution >= 4 is 5.69 Å². The summed E-state index contributed by atoms with van der Waals surface area (Å²) in [4.78, 5) is 2.47. The zero-order valence-corrected chi connectivity index (χ0v) is 12.6. The smallest absolute Gasteiger partial charge is 0.125 e. The number of anilines is 1. The SMILES string of the molecule is CCC(CC)N(Cc1ccc(F)cc1N)CC(C)C. The molecular formula is C16H27FN2. The van der Waals surface area contributed by atoms with Crippen LogP contribution in [0.25, 0.3) is 0 Å². The molecule has 0 radical (unpaired) electrons. The molecule has 1 rings (SSSR count). The zero-order valence-electron chi connectivity index (χ0n) is 12.6. The third kappa shape index (κ3) is 4.83. The highest BCUT2D eigenvalue weighted by Gasteiger charge is 2.17. The second-order valence-electron chi connectivity index (χ2n) is 5.64. The van der Waals surface area contributed by atoms with Crippen LogP contribution in [0.5, 0.6) is 0 Å². The van der Waals surface area contributed by atoms with Gasteiger partial charge in [-0.25, -0.2) is 4.39 Å². The van der Waals surface area contributed by atoms with Crippen molar-refractivity contribution in [3.05, 3.63) is 29.6 Å². The van der Waals surface area contributed by atoms with Gasteiger partial charge in [0.1, 0.15) is 5.82 Å². The topological polar surface area (TPSA) is 29.3 Å². The van der Waals surface area contributed by atoms with Crippen LogP contribution in [-0.2, 0) is 6.54 Å². The molecule has 0 fully saturated rings. The van der Waals surface area contributed by atoms with Crippen LogP contribution >= 0.6 is 0 Å². The van der Waals surface area contributed by atoms with E-state index in [1.54, 1.807) is 6.07 Å². The molecule has 0 aliphatic carbocycles. The van der Waals surface area contributed by atoms with Gasteiger partial charge in [-0.2, -0.15) is 0 Å². The zero-order chi connectivity index (χ0) is 14.4. The van der Waals surface area contributed by atoms with Crippen molar-refractivity contribution in [3.8, 4) is 0 Å². The van der Waals surface area contributed by atoms with Crippen LogP contribution in [-0.4, -0.2) is 17.5 Å². The predicted octanol–water partition coefficient (Wildman–Crippen LogP) is 4.05. The molecule has 3 heteroatoms. The third-order valence-electron chi connectivity index (χ3n) is 3.54. The highest BCUT2D eigenvalue weighted by Crippen LogP contribution is 2.20. The minimum atomic E-state index is -0.265. The van der Waals surface area contributed by atoms with Crippen molar-refractivity contribution in [1.29, 1.82) is 0 Å². The van der Waals surface area contributed by atoms with Crippen molar-refractivity contribution in [2.45, 2.75) is 53.1 Å². The molecule has 0 amide bonds. The van der Waals surface area contributed by atoms with Crippen molar-refractivity contribution in [1.82, 2.24) is 4.90 Å². The molecule has 0 aliphatic heterocycles. The highest BCUT2D eigenvalue weighted by molar-refractivity contribution is 5.46. The molecule has 108 valence electrons. The molecule has 0 heterocycles. The van der Waals surface area contributed by atoms with Gasteiger partial charge in [-0.05, 0) is 36.5 Å². The van der Waals surface area contributed by atoms with Gasteiger partial charge in [-0.15, -0.1) is 0 Å². The summed E-state index contributed by atoms with van der Waals surface area (Å²) >= 11 is 0. The summed E-state index contributed by atoms with van der Waals surface area (Å²) in [6.07, 6.45) is 2.26. The lowest BCUT2D eigenvalue weighted by Gasteiger charge is -2.32. The summed E-state index contributed by atoms with van der Waals surface area (Å²) in [6.45, 7) is 10.7. The van der Waals surface area contributed by atoms with E-state index in [-0.39, 0.29) is 5.82 Å². The van der Waals surface area contributed by atoms with Crippen LogP contribution in [0.1, 0.15) is 46.1 Å². The van der Waals surface area contributed by atoms with Crippen LogP contribution < -0.4 is 5.73 Å². The molecule has 1 aromatic rings. The maximum Gasteiger partial charge on any atom is 0.125 e. The largest absolute Gasteiger partial charge is 0.398 e. The molecule has 0 saturated carbocycles. The Bertz CT molecular complexity index is 386. The maximum atomic E-state index is 13.1. The summed E-state index contributed by atoms with van der Waals surface area (Å²) in [5.41, 5.74) is 7.49. The summed E-state index contributed by atoms with van der Waals surface area (Å²) < 4.78 is 13.1. The monoisotopic (exact) mass is 266 g/mol. The second kappa shape index (κ2) is 7.49. The molecule has 19 heavy (non-hydrogen) atoms. The number of nitrogen functional groups attached to an aromatic ring is 1. The Hall–Kier alpha value is -1.09.